The minimum absolute atomic E-state index is 0.286. The standard InChI is InChI=1S/C12H15N3O/c1-9-4-5-15(8-11(9)16)12-3-2-10(6-13)7-14-12/h2-3,7,9,11,16H,4-5,8H2,1H3. The molecule has 2 unspecified atom stereocenters. The number of aliphatic hydroxyl groups is 1. The summed E-state index contributed by atoms with van der Waals surface area (Å²) in [5.74, 6) is 1.19. The van der Waals surface area contributed by atoms with Crippen LogP contribution in [0.5, 0.6) is 0 Å². The van der Waals surface area contributed by atoms with Crippen LogP contribution in [0.4, 0.5) is 5.82 Å². The molecule has 0 saturated carbocycles. The maximum Gasteiger partial charge on any atom is 0.128 e. The fourth-order valence-electron chi connectivity index (χ4n) is 1.90. The Morgan fingerprint density at radius 3 is 2.94 bits per heavy atom. The first-order chi connectivity index (χ1) is 7.70. The number of aromatic nitrogens is 1. The van der Waals surface area contributed by atoms with Gasteiger partial charge in [-0.2, -0.15) is 5.26 Å². The van der Waals surface area contributed by atoms with Crippen molar-refractivity contribution in [2.24, 2.45) is 5.92 Å². The third-order valence-electron chi connectivity index (χ3n) is 3.12. The van der Waals surface area contributed by atoms with Gasteiger partial charge in [-0.25, -0.2) is 4.98 Å². The lowest BCUT2D eigenvalue weighted by molar-refractivity contribution is 0.102. The van der Waals surface area contributed by atoms with Gasteiger partial charge >= 0.3 is 0 Å². The Kier molecular flexibility index (Phi) is 3.07. The highest BCUT2D eigenvalue weighted by Gasteiger charge is 2.24. The van der Waals surface area contributed by atoms with Crippen LogP contribution < -0.4 is 4.90 Å². The summed E-state index contributed by atoms with van der Waals surface area (Å²) in [4.78, 5) is 6.29. The van der Waals surface area contributed by atoms with Crippen molar-refractivity contribution in [1.29, 1.82) is 5.26 Å². The normalized spacial score (nSPS) is 25.2. The van der Waals surface area contributed by atoms with E-state index < -0.39 is 0 Å². The lowest BCUT2D eigenvalue weighted by atomic mass is 9.96. The molecule has 0 amide bonds. The van der Waals surface area contributed by atoms with Gasteiger partial charge < -0.3 is 10.0 Å². The fourth-order valence-corrected chi connectivity index (χ4v) is 1.90. The first kappa shape index (κ1) is 10.9. The molecule has 1 fully saturated rings. The molecular formula is C12H15N3O. The molecule has 0 spiro atoms. The number of nitriles is 1. The van der Waals surface area contributed by atoms with Gasteiger partial charge in [-0.15, -0.1) is 0 Å². The number of hydrogen-bond donors (Lipinski definition) is 1. The Hall–Kier alpha value is -1.60. The molecule has 16 heavy (non-hydrogen) atoms. The van der Waals surface area contributed by atoms with Crippen molar-refractivity contribution in [2.45, 2.75) is 19.4 Å². The molecule has 84 valence electrons. The van der Waals surface area contributed by atoms with Crippen LogP contribution in [0.15, 0.2) is 18.3 Å². The van der Waals surface area contributed by atoms with E-state index in [0.29, 0.717) is 18.0 Å². The summed E-state index contributed by atoms with van der Waals surface area (Å²) in [7, 11) is 0. The predicted octanol–water partition coefficient (Wildman–Crippen LogP) is 1.16. The SMILES string of the molecule is CC1CCN(c2ccc(C#N)cn2)CC1O. The van der Waals surface area contributed by atoms with E-state index >= 15 is 0 Å². The number of nitrogens with zero attached hydrogens (tertiary/aromatic N) is 3. The molecule has 0 bridgehead atoms. The van der Waals surface area contributed by atoms with E-state index in [9.17, 15) is 5.11 Å². The summed E-state index contributed by atoms with van der Waals surface area (Å²) < 4.78 is 0. The lowest BCUT2D eigenvalue weighted by Crippen LogP contribution is -2.43. The molecule has 1 N–H and O–H groups in total. The van der Waals surface area contributed by atoms with Gasteiger partial charge in [0.15, 0.2) is 0 Å². The van der Waals surface area contributed by atoms with Gasteiger partial charge in [-0.05, 0) is 24.5 Å². The summed E-state index contributed by atoms with van der Waals surface area (Å²) in [6.07, 6.45) is 2.26. The van der Waals surface area contributed by atoms with Gasteiger partial charge in [0.1, 0.15) is 11.9 Å². The zero-order valence-electron chi connectivity index (χ0n) is 9.30. The Bertz CT molecular complexity index is 396. The van der Waals surface area contributed by atoms with Gasteiger partial charge in [-0.3, -0.25) is 0 Å². The number of pyridine rings is 1. The van der Waals surface area contributed by atoms with Crippen molar-refractivity contribution in [3.05, 3.63) is 23.9 Å². The second-order valence-electron chi connectivity index (χ2n) is 4.30. The van der Waals surface area contributed by atoms with Crippen LogP contribution in [-0.4, -0.2) is 29.3 Å². The summed E-state index contributed by atoms with van der Waals surface area (Å²) in [6.45, 7) is 3.60. The van der Waals surface area contributed by atoms with Crippen LogP contribution in [0.3, 0.4) is 0 Å². The van der Waals surface area contributed by atoms with Gasteiger partial charge in [-0.1, -0.05) is 6.92 Å². The number of anilines is 1. The summed E-state index contributed by atoms with van der Waals surface area (Å²) in [5, 5.41) is 18.5. The van der Waals surface area contributed by atoms with Crippen molar-refractivity contribution in [2.75, 3.05) is 18.0 Å². The predicted molar refractivity (Wildman–Crippen MR) is 61.0 cm³/mol. The summed E-state index contributed by atoms with van der Waals surface area (Å²) in [6, 6.07) is 5.63. The average Bonchev–Trinajstić information content (AvgIpc) is 2.33. The maximum absolute atomic E-state index is 9.79. The summed E-state index contributed by atoms with van der Waals surface area (Å²) >= 11 is 0. The van der Waals surface area contributed by atoms with E-state index in [1.54, 1.807) is 12.3 Å². The molecule has 0 aromatic carbocycles. The van der Waals surface area contributed by atoms with Crippen molar-refractivity contribution < 1.29 is 5.11 Å². The molecule has 2 atom stereocenters. The van der Waals surface area contributed by atoms with Gasteiger partial charge in [0.05, 0.1) is 11.7 Å². The molecule has 0 radical (unpaired) electrons. The molecule has 1 aromatic heterocycles. The monoisotopic (exact) mass is 217 g/mol. The molecular weight excluding hydrogens is 202 g/mol. The van der Waals surface area contributed by atoms with E-state index in [4.69, 9.17) is 5.26 Å². The number of piperidine rings is 1. The van der Waals surface area contributed by atoms with Gasteiger partial charge in [0.25, 0.3) is 0 Å². The third-order valence-corrected chi connectivity index (χ3v) is 3.12. The smallest absolute Gasteiger partial charge is 0.128 e. The first-order valence-electron chi connectivity index (χ1n) is 5.50. The minimum atomic E-state index is -0.286. The average molecular weight is 217 g/mol. The molecule has 4 nitrogen and oxygen atoms in total. The highest BCUT2D eigenvalue weighted by molar-refractivity contribution is 5.42. The van der Waals surface area contributed by atoms with E-state index in [1.807, 2.05) is 12.1 Å². The zero-order valence-corrected chi connectivity index (χ0v) is 9.30. The molecule has 0 aliphatic carbocycles. The Morgan fingerprint density at radius 1 is 1.56 bits per heavy atom. The van der Waals surface area contributed by atoms with Crippen LogP contribution in [0.25, 0.3) is 0 Å². The van der Waals surface area contributed by atoms with Gasteiger partial charge in [0, 0.05) is 19.3 Å². The van der Waals surface area contributed by atoms with Crippen molar-refractivity contribution >= 4 is 5.82 Å². The number of β-amino-alcohol motifs (C(OH)–C–C–N with tert-alkyl or cyclic N) is 1. The minimum Gasteiger partial charge on any atom is -0.391 e. The molecule has 1 saturated heterocycles. The van der Waals surface area contributed by atoms with E-state index in [0.717, 1.165) is 18.8 Å². The van der Waals surface area contributed by atoms with E-state index in [1.165, 1.54) is 0 Å². The molecule has 1 aliphatic rings. The van der Waals surface area contributed by atoms with Crippen molar-refractivity contribution in [3.63, 3.8) is 0 Å². The molecule has 2 rings (SSSR count). The van der Waals surface area contributed by atoms with Crippen LogP contribution in [0.1, 0.15) is 18.9 Å². The van der Waals surface area contributed by atoms with Crippen LogP contribution in [0.2, 0.25) is 0 Å². The first-order valence-corrected chi connectivity index (χ1v) is 5.50. The maximum atomic E-state index is 9.79. The topological polar surface area (TPSA) is 60.2 Å². The van der Waals surface area contributed by atoms with E-state index in [2.05, 4.69) is 16.8 Å². The van der Waals surface area contributed by atoms with Crippen LogP contribution in [0, 0.1) is 17.2 Å². The largest absolute Gasteiger partial charge is 0.391 e. The Labute approximate surface area is 95.1 Å². The fraction of sp³-hybridized carbons (Fsp3) is 0.500. The third kappa shape index (κ3) is 2.15. The molecule has 4 heteroatoms. The molecule has 1 aliphatic heterocycles. The van der Waals surface area contributed by atoms with Gasteiger partial charge in [0.2, 0.25) is 0 Å². The Morgan fingerprint density at radius 2 is 2.38 bits per heavy atom. The lowest BCUT2D eigenvalue weighted by Gasteiger charge is -2.34. The second-order valence-corrected chi connectivity index (χ2v) is 4.30. The highest BCUT2D eigenvalue weighted by atomic mass is 16.3. The molecule has 1 aromatic rings. The number of rotatable bonds is 1. The second kappa shape index (κ2) is 4.50. The zero-order chi connectivity index (χ0) is 11.5. The highest BCUT2D eigenvalue weighted by Crippen LogP contribution is 2.21. The number of aliphatic hydroxyl groups excluding tert-OH is 1. The quantitative estimate of drug-likeness (QED) is 0.766. The van der Waals surface area contributed by atoms with E-state index in [-0.39, 0.29) is 6.10 Å². The van der Waals surface area contributed by atoms with Crippen LogP contribution >= 0.6 is 0 Å². The Balaban J connectivity index is 2.10. The van der Waals surface area contributed by atoms with Crippen molar-refractivity contribution in [3.8, 4) is 6.07 Å². The molecule has 2 heterocycles. The van der Waals surface area contributed by atoms with Crippen LogP contribution in [-0.2, 0) is 0 Å². The van der Waals surface area contributed by atoms with Crippen molar-refractivity contribution in [1.82, 2.24) is 4.98 Å². The number of hydrogen-bond acceptors (Lipinski definition) is 4. The summed E-state index contributed by atoms with van der Waals surface area (Å²) in [5.41, 5.74) is 0.565.